The molecule has 0 radical (unpaired) electrons. The Bertz CT molecular complexity index is 726. The van der Waals surface area contributed by atoms with Gasteiger partial charge < -0.3 is 15.5 Å². The molecule has 0 spiro atoms. The summed E-state index contributed by atoms with van der Waals surface area (Å²) in [6.45, 7) is 1.56. The van der Waals surface area contributed by atoms with E-state index in [1.807, 2.05) is 37.2 Å². The summed E-state index contributed by atoms with van der Waals surface area (Å²) in [5, 5.41) is 6.84. The van der Waals surface area contributed by atoms with Crippen molar-refractivity contribution in [2.24, 2.45) is 4.99 Å². The highest BCUT2D eigenvalue weighted by Gasteiger charge is 2.43. The summed E-state index contributed by atoms with van der Waals surface area (Å²) in [7, 11) is 5.80. The van der Waals surface area contributed by atoms with Crippen molar-refractivity contribution in [2.75, 3.05) is 32.6 Å². The second-order valence-corrected chi connectivity index (χ2v) is 6.81. The Balaban J connectivity index is 0.00000243. The number of nitrogens with zero attached hydrogens (tertiary/aromatic N) is 3. The summed E-state index contributed by atoms with van der Waals surface area (Å²) < 4.78 is 0. The summed E-state index contributed by atoms with van der Waals surface area (Å²) in [5.74, 6) is 1.78. The Hall–Kier alpha value is -1.83. The van der Waals surface area contributed by atoms with Crippen molar-refractivity contribution >= 4 is 35.8 Å². The van der Waals surface area contributed by atoms with Crippen LogP contribution in [0.2, 0.25) is 0 Å². The standard InChI is InChI=1S/C20H27N5.HI/c1-21-19(22-14-17-10-7-11-18(24-17)25(2)3)23-15-20(12-13-20)16-8-5-4-6-9-16;/h4-11H,12-15H2,1-3H3,(H2,21,22,23);1H. The number of halogens is 1. The van der Waals surface area contributed by atoms with Gasteiger partial charge in [0.05, 0.1) is 12.2 Å². The molecule has 0 amide bonds. The fourth-order valence-electron chi connectivity index (χ4n) is 2.97. The van der Waals surface area contributed by atoms with Crippen LogP contribution in [0.5, 0.6) is 0 Å². The quantitative estimate of drug-likeness (QED) is 0.391. The van der Waals surface area contributed by atoms with Crippen LogP contribution in [0.15, 0.2) is 53.5 Å². The largest absolute Gasteiger partial charge is 0.363 e. The van der Waals surface area contributed by atoms with Gasteiger partial charge in [0.15, 0.2) is 5.96 Å². The number of benzene rings is 1. The highest BCUT2D eigenvalue weighted by atomic mass is 127. The van der Waals surface area contributed by atoms with Crippen LogP contribution in [0.4, 0.5) is 5.82 Å². The number of anilines is 1. The van der Waals surface area contributed by atoms with Crippen LogP contribution in [-0.4, -0.2) is 38.6 Å². The predicted octanol–water partition coefficient (Wildman–Crippen LogP) is 3.16. The van der Waals surface area contributed by atoms with Gasteiger partial charge in [-0.25, -0.2) is 4.98 Å². The first kappa shape index (κ1) is 20.5. The lowest BCUT2D eigenvalue weighted by atomic mass is 9.96. The van der Waals surface area contributed by atoms with Gasteiger partial charge in [-0.15, -0.1) is 24.0 Å². The zero-order chi connectivity index (χ0) is 17.7. The predicted molar refractivity (Wildman–Crippen MR) is 120 cm³/mol. The van der Waals surface area contributed by atoms with E-state index in [0.29, 0.717) is 6.54 Å². The number of pyridine rings is 1. The van der Waals surface area contributed by atoms with Gasteiger partial charge in [-0.2, -0.15) is 0 Å². The maximum Gasteiger partial charge on any atom is 0.191 e. The van der Waals surface area contributed by atoms with Crippen LogP contribution in [-0.2, 0) is 12.0 Å². The molecule has 1 aliphatic carbocycles. The number of hydrogen-bond acceptors (Lipinski definition) is 3. The van der Waals surface area contributed by atoms with E-state index in [0.717, 1.165) is 24.0 Å². The fraction of sp³-hybridized carbons (Fsp3) is 0.400. The van der Waals surface area contributed by atoms with E-state index >= 15 is 0 Å². The lowest BCUT2D eigenvalue weighted by molar-refractivity contribution is 0.644. The molecule has 1 aromatic heterocycles. The van der Waals surface area contributed by atoms with E-state index in [1.54, 1.807) is 7.05 Å². The molecule has 0 saturated heterocycles. The van der Waals surface area contributed by atoms with Crippen molar-refractivity contribution in [2.45, 2.75) is 24.8 Å². The first-order valence-corrected chi connectivity index (χ1v) is 8.76. The number of aromatic nitrogens is 1. The zero-order valence-electron chi connectivity index (χ0n) is 15.7. The van der Waals surface area contributed by atoms with Gasteiger partial charge in [-0.3, -0.25) is 4.99 Å². The van der Waals surface area contributed by atoms with Crippen molar-refractivity contribution in [3.8, 4) is 0 Å². The summed E-state index contributed by atoms with van der Waals surface area (Å²) in [6, 6.07) is 16.8. The first-order chi connectivity index (χ1) is 12.1. The highest BCUT2D eigenvalue weighted by molar-refractivity contribution is 14.0. The Labute approximate surface area is 173 Å². The van der Waals surface area contributed by atoms with E-state index in [4.69, 9.17) is 0 Å². The second-order valence-electron chi connectivity index (χ2n) is 6.81. The minimum Gasteiger partial charge on any atom is -0.363 e. The van der Waals surface area contributed by atoms with Crippen LogP contribution >= 0.6 is 24.0 Å². The normalized spacial score (nSPS) is 15.0. The van der Waals surface area contributed by atoms with Gasteiger partial charge in [0, 0.05) is 33.1 Å². The van der Waals surface area contributed by atoms with Crippen LogP contribution in [0.1, 0.15) is 24.1 Å². The number of hydrogen-bond donors (Lipinski definition) is 2. The third-order valence-electron chi connectivity index (χ3n) is 4.74. The minimum absolute atomic E-state index is 0. The average molecular weight is 465 g/mol. The molecule has 140 valence electrons. The van der Waals surface area contributed by atoms with E-state index in [9.17, 15) is 0 Å². The fourth-order valence-corrected chi connectivity index (χ4v) is 2.97. The number of guanidine groups is 1. The molecule has 2 N–H and O–H groups in total. The van der Waals surface area contributed by atoms with E-state index < -0.39 is 0 Å². The molecule has 5 nitrogen and oxygen atoms in total. The third kappa shape index (κ3) is 5.09. The maximum absolute atomic E-state index is 4.63. The van der Waals surface area contributed by atoms with E-state index in [2.05, 4.69) is 50.9 Å². The van der Waals surface area contributed by atoms with Crippen molar-refractivity contribution in [3.63, 3.8) is 0 Å². The molecule has 0 aliphatic heterocycles. The molecular formula is C20H28IN5. The molecule has 1 saturated carbocycles. The van der Waals surface area contributed by atoms with Gasteiger partial charge in [0.1, 0.15) is 5.82 Å². The molecule has 0 bridgehead atoms. The Kier molecular flexibility index (Phi) is 7.25. The molecule has 0 unspecified atom stereocenters. The Morgan fingerprint density at radius 2 is 1.81 bits per heavy atom. The molecular weight excluding hydrogens is 437 g/mol. The van der Waals surface area contributed by atoms with Crippen molar-refractivity contribution in [1.29, 1.82) is 0 Å². The average Bonchev–Trinajstić information content (AvgIpc) is 3.44. The summed E-state index contributed by atoms with van der Waals surface area (Å²) in [6.07, 6.45) is 2.46. The first-order valence-electron chi connectivity index (χ1n) is 8.76. The summed E-state index contributed by atoms with van der Waals surface area (Å²) >= 11 is 0. The molecule has 6 heteroatoms. The molecule has 2 aromatic rings. The molecule has 1 heterocycles. The van der Waals surface area contributed by atoms with Gasteiger partial charge in [0.2, 0.25) is 0 Å². The van der Waals surface area contributed by atoms with Gasteiger partial charge in [0.25, 0.3) is 0 Å². The van der Waals surface area contributed by atoms with Crippen molar-refractivity contribution in [3.05, 3.63) is 59.8 Å². The second kappa shape index (κ2) is 9.21. The number of aliphatic imine (C=N–C) groups is 1. The van der Waals surface area contributed by atoms with Gasteiger partial charge >= 0.3 is 0 Å². The molecule has 1 aromatic carbocycles. The summed E-state index contributed by atoms with van der Waals surface area (Å²) in [5.41, 5.74) is 2.68. The molecule has 26 heavy (non-hydrogen) atoms. The van der Waals surface area contributed by atoms with Crippen molar-refractivity contribution < 1.29 is 0 Å². The van der Waals surface area contributed by atoms with Crippen LogP contribution in [0.3, 0.4) is 0 Å². The molecule has 1 fully saturated rings. The maximum atomic E-state index is 4.63. The van der Waals surface area contributed by atoms with Gasteiger partial charge in [-0.05, 0) is 30.5 Å². The lowest BCUT2D eigenvalue weighted by Crippen LogP contribution is -2.41. The topological polar surface area (TPSA) is 52.6 Å². The van der Waals surface area contributed by atoms with Crippen LogP contribution < -0.4 is 15.5 Å². The molecule has 0 atom stereocenters. The Morgan fingerprint density at radius 3 is 2.42 bits per heavy atom. The summed E-state index contributed by atoms with van der Waals surface area (Å²) in [4.78, 5) is 11.0. The lowest BCUT2D eigenvalue weighted by Gasteiger charge is -2.19. The number of rotatable bonds is 6. The smallest absolute Gasteiger partial charge is 0.191 e. The highest BCUT2D eigenvalue weighted by Crippen LogP contribution is 2.47. The monoisotopic (exact) mass is 465 g/mol. The minimum atomic E-state index is 0. The van der Waals surface area contributed by atoms with E-state index in [-0.39, 0.29) is 29.4 Å². The van der Waals surface area contributed by atoms with Gasteiger partial charge in [-0.1, -0.05) is 36.4 Å². The molecule has 1 aliphatic rings. The Morgan fingerprint density at radius 1 is 1.08 bits per heavy atom. The zero-order valence-corrected chi connectivity index (χ0v) is 18.0. The number of nitrogens with one attached hydrogen (secondary N) is 2. The van der Waals surface area contributed by atoms with Crippen LogP contribution in [0, 0.1) is 0 Å². The van der Waals surface area contributed by atoms with Crippen molar-refractivity contribution in [1.82, 2.24) is 15.6 Å². The van der Waals surface area contributed by atoms with E-state index in [1.165, 1.54) is 18.4 Å². The SMILES string of the molecule is CN=C(NCc1cccc(N(C)C)n1)NCC1(c2ccccc2)CC1.I. The van der Waals surface area contributed by atoms with Crippen LogP contribution in [0.25, 0.3) is 0 Å². The third-order valence-corrected chi connectivity index (χ3v) is 4.74. The molecule has 3 rings (SSSR count).